The van der Waals surface area contributed by atoms with Gasteiger partial charge in [-0.1, -0.05) is 5.21 Å². The Hall–Kier alpha value is -2.51. The monoisotopic (exact) mass is 336 g/mol. The fourth-order valence-corrected chi connectivity index (χ4v) is 2.27. The second-order valence-corrected chi connectivity index (χ2v) is 5.70. The van der Waals surface area contributed by atoms with Gasteiger partial charge in [-0.25, -0.2) is 13.5 Å². The molecule has 128 valence electrons. The van der Waals surface area contributed by atoms with Crippen LogP contribution in [0.4, 0.5) is 8.78 Å². The minimum Gasteiger partial charge on any atom is -0.491 e. The average molecular weight is 336 g/mol. The fourth-order valence-electron chi connectivity index (χ4n) is 2.27. The van der Waals surface area contributed by atoms with Crippen LogP contribution in [0.5, 0.6) is 5.75 Å². The molecule has 1 amide bonds. The highest BCUT2D eigenvalue weighted by Gasteiger charge is 2.39. The van der Waals surface area contributed by atoms with Gasteiger partial charge in [0.15, 0.2) is 11.6 Å². The second kappa shape index (κ2) is 6.54. The highest BCUT2D eigenvalue weighted by atomic mass is 19.1. The number of nitrogens with one attached hydrogen (secondary N) is 1. The van der Waals surface area contributed by atoms with Gasteiger partial charge in [0, 0.05) is 12.0 Å². The molecule has 3 atom stereocenters. The Bertz CT molecular complexity index is 749. The molecule has 3 rings (SSSR count). The number of carbonyl (C=O) groups excluding carboxylic acids is 1. The average Bonchev–Trinajstić information content (AvgIpc) is 3.05. The molecule has 1 aliphatic rings. The zero-order valence-corrected chi connectivity index (χ0v) is 13.4. The number of benzene rings is 1. The van der Waals surface area contributed by atoms with E-state index in [9.17, 15) is 13.6 Å². The highest BCUT2D eigenvalue weighted by molar-refractivity contribution is 5.80. The van der Waals surface area contributed by atoms with E-state index in [1.165, 1.54) is 16.8 Å². The normalized spacial score (nSPS) is 20.5. The molecule has 24 heavy (non-hydrogen) atoms. The maximum Gasteiger partial charge on any atom is 0.244 e. The maximum atomic E-state index is 13.9. The summed E-state index contributed by atoms with van der Waals surface area (Å²) in [5, 5.41) is 10.5. The summed E-state index contributed by atoms with van der Waals surface area (Å²) >= 11 is 0. The molecular formula is C16H18F2N4O2. The molecule has 8 heteroatoms. The number of ether oxygens (including phenoxy) is 1. The minimum atomic E-state index is -0.959. The first kappa shape index (κ1) is 16.4. The summed E-state index contributed by atoms with van der Waals surface area (Å²) in [6.45, 7) is 3.79. The Morgan fingerprint density at radius 1 is 1.54 bits per heavy atom. The number of amides is 1. The lowest BCUT2D eigenvalue weighted by atomic mass is 10.1. The number of halogens is 2. The Morgan fingerprint density at radius 3 is 2.92 bits per heavy atom. The summed E-state index contributed by atoms with van der Waals surface area (Å²) in [5.41, 5.74) is 0.965. The van der Waals surface area contributed by atoms with Crippen molar-refractivity contribution in [3.63, 3.8) is 0 Å². The summed E-state index contributed by atoms with van der Waals surface area (Å²) < 4.78 is 33.3. The van der Waals surface area contributed by atoms with Crippen LogP contribution in [0.2, 0.25) is 0 Å². The molecule has 0 bridgehead atoms. The lowest BCUT2D eigenvalue weighted by molar-refractivity contribution is -0.124. The van der Waals surface area contributed by atoms with E-state index in [4.69, 9.17) is 4.74 Å². The van der Waals surface area contributed by atoms with Gasteiger partial charge >= 0.3 is 0 Å². The summed E-state index contributed by atoms with van der Waals surface area (Å²) in [4.78, 5) is 12.0. The fraction of sp³-hybridized carbons (Fsp3) is 0.438. The van der Waals surface area contributed by atoms with Gasteiger partial charge in [-0.05, 0) is 32.0 Å². The van der Waals surface area contributed by atoms with Gasteiger partial charge in [0.2, 0.25) is 5.91 Å². The van der Waals surface area contributed by atoms with E-state index in [1.54, 1.807) is 26.1 Å². The van der Waals surface area contributed by atoms with Crippen molar-refractivity contribution in [2.45, 2.75) is 38.5 Å². The van der Waals surface area contributed by atoms with Gasteiger partial charge in [-0.15, -0.1) is 5.10 Å². The molecule has 0 saturated heterocycles. The maximum absolute atomic E-state index is 13.9. The van der Waals surface area contributed by atoms with Gasteiger partial charge in [-0.2, -0.15) is 0 Å². The molecule has 0 radical (unpaired) electrons. The number of carbonyl (C=O) groups is 1. The number of aromatic nitrogens is 3. The standard InChI is InChI=1S/C16H18F2N4O2/c1-3-24-15-5-4-10(6-12(15)18)14-8-22(21-20-14)9(2)16(23)19-13-7-11(13)17/h4-6,8-9,11,13H,3,7H2,1-2H3,(H,19,23)/t9?,11-,13+/m0/s1. The molecule has 1 aromatic carbocycles. The van der Waals surface area contributed by atoms with Crippen LogP contribution in [-0.4, -0.2) is 39.7 Å². The molecule has 1 fully saturated rings. The number of alkyl halides is 1. The third kappa shape index (κ3) is 3.37. The SMILES string of the molecule is CCOc1ccc(-c2cn(C(C)C(=O)N[C@@H]3C[C@@H]3F)nn2)cc1F. The highest BCUT2D eigenvalue weighted by Crippen LogP contribution is 2.26. The van der Waals surface area contributed by atoms with Crippen molar-refractivity contribution in [2.75, 3.05) is 6.61 Å². The summed E-state index contributed by atoms with van der Waals surface area (Å²) in [6, 6.07) is 3.47. The number of rotatable bonds is 6. The van der Waals surface area contributed by atoms with Crippen molar-refractivity contribution in [2.24, 2.45) is 0 Å². The molecule has 0 spiro atoms. The quantitative estimate of drug-likeness (QED) is 0.879. The molecule has 1 heterocycles. The molecule has 1 saturated carbocycles. The number of nitrogens with zero attached hydrogens (tertiary/aromatic N) is 3. The predicted octanol–water partition coefficient (Wildman–Crippen LogP) is 2.27. The van der Waals surface area contributed by atoms with E-state index in [1.807, 2.05) is 0 Å². The van der Waals surface area contributed by atoms with Crippen molar-refractivity contribution in [1.82, 2.24) is 20.3 Å². The molecule has 2 aromatic rings. The van der Waals surface area contributed by atoms with E-state index in [2.05, 4.69) is 15.6 Å². The first-order chi connectivity index (χ1) is 11.5. The van der Waals surface area contributed by atoms with E-state index < -0.39 is 24.1 Å². The molecule has 1 N–H and O–H groups in total. The largest absolute Gasteiger partial charge is 0.491 e. The van der Waals surface area contributed by atoms with Crippen LogP contribution in [-0.2, 0) is 4.79 Å². The van der Waals surface area contributed by atoms with Crippen molar-refractivity contribution in [3.8, 4) is 17.0 Å². The molecule has 1 aliphatic carbocycles. The lowest BCUT2D eigenvalue weighted by Gasteiger charge is -2.11. The molecule has 6 nitrogen and oxygen atoms in total. The Morgan fingerprint density at radius 2 is 2.29 bits per heavy atom. The van der Waals surface area contributed by atoms with E-state index in [0.29, 0.717) is 24.3 Å². The smallest absolute Gasteiger partial charge is 0.244 e. The van der Waals surface area contributed by atoms with Gasteiger partial charge in [0.25, 0.3) is 0 Å². The third-order valence-electron chi connectivity index (χ3n) is 3.85. The molecule has 0 aliphatic heterocycles. The second-order valence-electron chi connectivity index (χ2n) is 5.70. The summed E-state index contributed by atoms with van der Waals surface area (Å²) in [6.07, 6.45) is 0.949. The topological polar surface area (TPSA) is 69.0 Å². The molecule has 1 aromatic heterocycles. The Balaban J connectivity index is 1.72. The predicted molar refractivity (Wildman–Crippen MR) is 82.7 cm³/mol. The number of hydrogen-bond acceptors (Lipinski definition) is 4. The van der Waals surface area contributed by atoms with Crippen LogP contribution < -0.4 is 10.1 Å². The van der Waals surface area contributed by atoms with E-state index >= 15 is 0 Å². The third-order valence-corrected chi connectivity index (χ3v) is 3.85. The van der Waals surface area contributed by atoms with Crippen molar-refractivity contribution < 1.29 is 18.3 Å². The molecule has 1 unspecified atom stereocenters. The lowest BCUT2D eigenvalue weighted by Crippen LogP contribution is -2.33. The summed E-state index contributed by atoms with van der Waals surface area (Å²) in [7, 11) is 0. The van der Waals surface area contributed by atoms with Crippen LogP contribution in [0.25, 0.3) is 11.3 Å². The van der Waals surface area contributed by atoms with Gasteiger partial charge in [0.1, 0.15) is 17.9 Å². The summed E-state index contributed by atoms with van der Waals surface area (Å²) in [5.74, 6) is -0.640. The van der Waals surface area contributed by atoms with Crippen molar-refractivity contribution in [3.05, 3.63) is 30.2 Å². The molecular weight excluding hydrogens is 318 g/mol. The van der Waals surface area contributed by atoms with Crippen molar-refractivity contribution in [1.29, 1.82) is 0 Å². The Kier molecular flexibility index (Phi) is 4.46. The van der Waals surface area contributed by atoms with E-state index in [0.717, 1.165) is 0 Å². The van der Waals surface area contributed by atoms with Crippen LogP contribution in [0, 0.1) is 5.82 Å². The zero-order chi connectivity index (χ0) is 17.3. The van der Waals surface area contributed by atoms with Crippen LogP contribution in [0.15, 0.2) is 24.4 Å². The van der Waals surface area contributed by atoms with Crippen molar-refractivity contribution >= 4 is 5.91 Å². The van der Waals surface area contributed by atoms with Gasteiger partial charge in [0.05, 0.1) is 18.8 Å². The first-order valence-electron chi connectivity index (χ1n) is 7.78. The van der Waals surface area contributed by atoms with Crippen LogP contribution in [0.3, 0.4) is 0 Å². The zero-order valence-electron chi connectivity index (χ0n) is 13.4. The van der Waals surface area contributed by atoms with Crippen LogP contribution in [0.1, 0.15) is 26.3 Å². The minimum absolute atomic E-state index is 0.173. The van der Waals surface area contributed by atoms with E-state index in [-0.39, 0.29) is 11.7 Å². The van der Waals surface area contributed by atoms with Crippen LogP contribution >= 0.6 is 0 Å². The number of hydrogen-bond donors (Lipinski definition) is 1. The van der Waals surface area contributed by atoms with Gasteiger partial charge < -0.3 is 10.1 Å². The van der Waals surface area contributed by atoms with Gasteiger partial charge in [-0.3, -0.25) is 4.79 Å². The first-order valence-corrected chi connectivity index (χ1v) is 7.78. The Labute approximate surface area is 137 Å².